The van der Waals surface area contributed by atoms with E-state index in [1.807, 2.05) is 26.8 Å². The number of carbonyl (C=O) groups is 1. The number of aromatic amines is 1. The molecular weight excluding hydrogens is 360 g/mol. The highest BCUT2D eigenvalue weighted by molar-refractivity contribution is 5.93. The monoisotopic (exact) mass is 380 g/mol. The predicted molar refractivity (Wildman–Crippen MR) is 102 cm³/mol. The number of carbonyl (C=O) groups excluding carboxylic acids is 1. The molecule has 0 aliphatic rings. The lowest BCUT2D eigenvalue weighted by Crippen LogP contribution is -2.27. The molecule has 0 spiro atoms. The molecule has 0 aromatic carbocycles. The van der Waals surface area contributed by atoms with E-state index < -0.39 is 0 Å². The van der Waals surface area contributed by atoms with Crippen LogP contribution in [0, 0.1) is 13.8 Å². The van der Waals surface area contributed by atoms with Gasteiger partial charge < -0.3 is 19.3 Å². The highest BCUT2D eigenvalue weighted by Gasteiger charge is 2.19. The summed E-state index contributed by atoms with van der Waals surface area (Å²) in [6.45, 7) is 5.51. The molecule has 0 bridgehead atoms. The molecule has 2 N–H and O–H groups in total. The first-order valence-electron chi connectivity index (χ1n) is 8.81. The molecule has 0 unspecified atom stereocenters. The number of hydrogen-bond acceptors (Lipinski definition) is 5. The first-order valence-corrected chi connectivity index (χ1v) is 8.81. The van der Waals surface area contributed by atoms with E-state index in [1.165, 1.54) is 4.57 Å². The maximum absolute atomic E-state index is 12.8. The normalized spacial score (nSPS) is 12.4. The van der Waals surface area contributed by atoms with Gasteiger partial charge >= 0.3 is 0 Å². The highest BCUT2D eigenvalue weighted by atomic mass is 16.3. The summed E-state index contributed by atoms with van der Waals surface area (Å²) in [7, 11) is 1.67. The summed E-state index contributed by atoms with van der Waals surface area (Å²) in [5, 5.41) is 2.82. The van der Waals surface area contributed by atoms with Gasteiger partial charge in [-0.3, -0.25) is 14.0 Å². The summed E-state index contributed by atoms with van der Waals surface area (Å²) in [6, 6.07) is 1.56. The molecule has 0 fully saturated rings. The molecule has 28 heavy (non-hydrogen) atoms. The second-order valence-corrected chi connectivity index (χ2v) is 6.73. The first-order chi connectivity index (χ1) is 13.3. The number of imidazole rings is 2. The van der Waals surface area contributed by atoms with Gasteiger partial charge in [-0.2, -0.15) is 0 Å². The predicted octanol–water partition coefficient (Wildman–Crippen LogP) is 2.12. The number of amides is 1. The third-order valence-electron chi connectivity index (χ3n) is 4.68. The average molecular weight is 380 g/mol. The molecule has 0 saturated carbocycles. The van der Waals surface area contributed by atoms with Gasteiger partial charge in [0.25, 0.3) is 11.5 Å². The van der Waals surface area contributed by atoms with Crippen molar-refractivity contribution in [1.29, 1.82) is 0 Å². The number of aromatic nitrogens is 5. The van der Waals surface area contributed by atoms with Crippen LogP contribution in [0.15, 0.2) is 40.1 Å². The lowest BCUT2D eigenvalue weighted by Gasteiger charge is -2.09. The standard InChI is InChI=1S/C19H20N6O3/c1-10-7-13(12(3)28-10)15-9-25-8-14(23-17(25)19(27)24(15)4)18(26)22-11(2)16-20-5-6-21-16/h5-9,11H,1-4H3,(H,20,21)(H,22,26)/t11-/m0/s1. The summed E-state index contributed by atoms with van der Waals surface area (Å²) < 4.78 is 8.67. The third kappa shape index (κ3) is 2.90. The number of nitrogens with zero attached hydrogens (tertiary/aromatic N) is 4. The lowest BCUT2D eigenvalue weighted by atomic mass is 10.2. The van der Waals surface area contributed by atoms with Crippen LogP contribution in [0.2, 0.25) is 0 Å². The molecule has 1 amide bonds. The van der Waals surface area contributed by atoms with Crippen molar-refractivity contribution in [3.05, 3.63) is 64.2 Å². The second kappa shape index (κ2) is 6.52. The Morgan fingerprint density at radius 1 is 1.32 bits per heavy atom. The van der Waals surface area contributed by atoms with E-state index in [4.69, 9.17) is 4.42 Å². The molecular formula is C19H20N6O3. The number of fused-ring (bicyclic) bond motifs is 1. The largest absolute Gasteiger partial charge is 0.466 e. The zero-order valence-corrected chi connectivity index (χ0v) is 16.0. The highest BCUT2D eigenvalue weighted by Crippen LogP contribution is 2.25. The fraction of sp³-hybridized carbons (Fsp3) is 0.263. The lowest BCUT2D eigenvalue weighted by molar-refractivity contribution is 0.0934. The van der Waals surface area contributed by atoms with Crippen molar-refractivity contribution < 1.29 is 9.21 Å². The average Bonchev–Trinajstić information content (AvgIpc) is 3.37. The summed E-state index contributed by atoms with van der Waals surface area (Å²) in [5.74, 6) is 1.74. The fourth-order valence-corrected chi connectivity index (χ4v) is 3.23. The summed E-state index contributed by atoms with van der Waals surface area (Å²) in [5.41, 5.74) is 1.55. The number of furan rings is 1. The molecule has 0 saturated heterocycles. The molecule has 4 aromatic heterocycles. The molecule has 144 valence electrons. The molecule has 4 aromatic rings. The number of nitrogens with one attached hydrogen (secondary N) is 2. The number of H-pyrrole nitrogens is 1. The minimum Gasteiger partial charge on any atom is -0.466 e. The van der Waals surface area contributed by atoms with Crippen molar-refractivity contribution >= 4 is 11.6 Å². The third-order valence-corrected chi connectivity index (χ3v) is 4.68. The fourth-order valence-electron chi connectivity index (χ4n) is 3.23. The maximum Gasteiger partial charge on any atom is 0.294 e. The van der Waals surface area contributed by atoms with Crippen LogP contribution >= 0.6 is 0 Å². The quantitative estimate of drug-likeness (QED) is 0.563. The van der Waals surface area contributed by atoms with Gasteiger partial charge in [0.2, 0.25) is 5.65 Å². The van der Waals surface area contributed by atoms with E-state index in [0.717, 1.165) is 17.1 Å². The van der Waals surface area contributed by atoms with Crippen molar-refractivity contribution in [2.24, 2.45) is 7.05 Å². The number of aryl methyl sites for hydroxylation is 2. The minimum atomic E-state index is -0.383. The van der Waals surface area contributed by atoms with Crippen molar-refractivity contribution in [3.63, 3.8) is 0 Å². The van der Waals surface area contributed by atoms with Crippen LogP contribution in [0.1, 0.15) is 40.8 Å². The first kappa shape index (κ1) is 17.8. The van der Waals surface area contributed by atoms with Crippen molar-refractivity contribution in [3.8, 4) is 11.3 Å². The van der Waals surface area contributed by atoms with Gasteiger partial charge in [-0.05, 0) is 26.8 Å². The van der Waals surface area contributed by atoms with Gasteiger partial charge in [-0.25, -0.2) is 9.97 Å². The molecule has 0 aliphatic heterocycles. The smallest absolute Gasteiger partial charge is 0.294 e. The molecule has 0 radical (unpaired) electrons. The molecule has 1 atom stereocenters. The summed E-state index contributed by atoms with van der Waals surface area (Å²) >= 11 is 0. The second-order valence-electron chi connectivity index (χ2n) is 6.73. The van der Waals surface area contributed by atoms with Crippen LogP contribution in [0.25, 0.3) is 16.9 Å². The van der Waals surface area contributed by atoms with Crippen LogP contribution in [0.3, 0.4) is 0 Å². The van der Waals surface area contributed by atoms with Crippen molar-refractivity contribution in [1.82, 2.24) is 29.2 Å². The molecule has 4 heterocycles. The van der Waals surface area contributed by atoms with Gasteiger partial charge in [-0.15, -0.1) is 0 Å². The molecule has 0 aliphatic carbocycles. The number of rotatable bonds is 4. The van der Waals surface area contributed by atoms with E-state index in [-0.39, 0.29) is 28.8 Å². The Balaban J connectivity index is 1.73. The van der Waals surface area contributed by atoms with Gasteiger partial charge in [0.15, 0.2) is 0 Å². The van der Waals surface area contributed by atoms with Gasteiger partial charge in [-0.1, -0.05) is 0 Å². The van der Waals surface area contributed by atoms with E-state index in [1.54, 1.807) is 36.2 Å². The Kier molecular flexibility index (Phi) is 4.14. The van der Waals surface area contributed by atoms with E-state index >= 15 is 0 Å². The Bertz CT molecular complexity index is 1230. The van der Waals surface area contributed by atoms with Crippen LogP contribution in [0.4, 0.5) is 0 Å². The number of hydrogen-bond donors (Lipinski definition) is 2. The van der Waals surface area contributed by atoms with Crippen LogP contribution < -0.4 is 10.9 Å². The zero-order chi connectivity index (χ0) is 20.0. The molecule has 9 heteroatoms. The molecule has 4 rings (SSSR count). The Morgan fingerprint density at radius 2 is 2.11 bits per heavy atom. The SMILES string of the molecule is Cc1cc(-c2cn3cc(C(=O)N[C@@H](C)c4ncc[nH]4)nc3c(=O)n2C)c(C)o1. The minimum absolute atomic E-state index is 0.160. The van der Waals surface area contributed by atoms with Gasteiger partial charge in [0, 0.05) is 37.4 Å². The van der Waals surface area contributed by atoms with Crippen LogP contribution in [-0.2, 0) is 7.05 Å². The Hall–Kier alpha value is -3.62. The molecule has 9 nitrogen and oxygen atoms in total. The zero-order valence-electron chi connectivity index (χ0n) is 16.0. The topological polar surface area (TPSA) is 110 Å². The summed E-state index contributed by atoms with van der Waals surface area (Å²) in [6.07, 6.45) is 6.63. The Labute approximate surface area is 160 Å². The van der Waals surface area contributed by atoms with Crippen molar-refractivity contribution in [2.75, 3.05) is 0 Å². The van der Waals surface area contributed by atoms with Gasteiger partial charge in [0.05, 0.1) is 11.7 Å². The van der Waals surface area contributed by atoms with E-state index in [9.17, 15) is 9.59 Å². The van der Waals surface area contributed by atoms with Crippen LogP contribution in [-0.4, -0.2) is 29.8 Å². The van der Waals surface area contributed by atoms with E-state index in [2.05, 4.69) is 20.3 Å². The maximum atomic E-state index is 12.8. The van der Waals surface area contributed by atoms with Crippen LogP contribution in [0.5, 0.6) is 0 Å². The summed E-state index contributed by atoms with van der Waals surface area (Å²) in [4.78, 5) is 36.7. The Morgan fingerprint density at radius 3 is 2.75 bits per heavy atom. The van der Waals surface area contributed by atoms with E-state index in [0.29, 0.717) is 11.5 Å². The van der Waals surface area contributed by atoms with Crippen molar-refractivity contribution in [2.45, 2.75) is 26.8 Å². The van der Waals surface area contributed by atoms with Gasteiger partial charge in [0.1, 0.15) is 23.0 Å².